The van der Waals surface area contributed by atoms with E-state index in [2.05, 4.69) is 15.5 Å². The Kier molecular flexibility index (Phi) is 6.39. The van der Waals surface area contributed by atoms with Crippen LogP contribution in [0.1, 0.15) is 31.2 Å². The largest absolute Gasteiger partial charge is 0.351 e. The minimum Gasteiger partial charge on any atom is -0.351 e. The highest BCUT2D eigenvalue weighted by Crippen LogP contribution is 2.29. The Morgan fingerprint density at radius 3 is 2.61 bits per heavy atom. The van der Waals surface area contributed by atoms with E-state index in [1.165, 1.54) is 18.9 Å². The van der Waals surface area contributed by atoms with Gasteiger partial charge >= 0.3 is 0 Å². The maximum Gasteiger partial charge on any atom is 0.234 e. The number of rotatable bonds is 5. The standard InChI is InChI=1S/C17H24FN3O.ClH/c1-21(15-8-13-6-7-14(9-15)20-13)11-17(22)19-10-12-4-2-3-5-16(12)18;/h2-5,13-15,20H,6-11H2,1H3,(H,19,22);1H. The van der Waals surface area contributed by atoms with Gasteiger partial charge in [0.2, 0.25) is 5.91 Å². The summed E-state index contributed by atoms with van der Waals surface area (Å²) >= 11 is 0. The Balaban J connectivity index is 0.00000192. The molecule has 2 saturated heterocycles. The summed E-state index contributed by atoms with van der Waals surface area (Å²) in [5.41, 5.74) is 0.526. The van der Waals surface area contributed by atoms with E-state index in [9.17, 15) is 9.18 Å². The van der Waals surface area contributed by atoms with Crippen molar-refractivity contribution in [2.45, 2.75) is 50.4 Å². The van der Waals surface area contributed by atoms with E-state index in [1.54, 1.807) is 18.2 Å². The van der Waals surface area contributed by atoms with Gasteiger partial charge < -0.3 is 10.6 Å². The van der Waals surface area contributed by atoms with E-state index in [4.69, 9.17) is 0 Å². The molecule has 1 aromatic carbocycles. The molecule has 2 N–H and O–H groups in total. The fraction of sp³-hybridized carbons (Fsp3) is 0.588. The number of halogens is 2. The molecular formula is C17H25ClFN3O. The highest BCUT2D eigenvalue weighted by molar-refractivity contribution is 5.85. The highest BCUT2D eigenvalue weighted by Gasteiger charge is 2.35. The Morgan fingerprint density at radius 1 is 1.30 bits per heavy atom. The second kappa shape index (κ2) is 8.08. The van der Waals surface area contributed by atoms with Crippen LogP contribution in [0, 0.1) is 5.82 Å². The van der Waals surface area contributed by atoms with E-state index >= 15 is 0 Å². The molecule has 0 saturated carbocycles. The van der Waals surface area contributed by atoms with E-state index in [0.717, 1.165) is 12.8 Å². The molecule has 4 nitrogen and oxygen atoms in total. The van der Waals surface area contributed by atoms with Gasteiger partial charge in [0.15, 0.2) is 0 Å². The van der Waals surface area contributed by atoms with Gasteiger partial charge in [-0.1, -0.05) is 18.2 Å². The number of hydrogen-bond donors (Lipinski definition) is 2. The van der Waals surface area contributed by atoms with Crippen LogP contribution in [0.2, 0.25) is 0 Å². The molecule has 3 rings (SSSR count). The van der Waals surface area contributed by atoms with Crippen LogP contribution < -0.4 is 10.6 Å². The summed E-state index contributed by atoms with van der Waals surface area (Å²) in [7, 11) is 2.01. The van der Waals surface area contributed by atoms with E-state index in [1.807, 2.05) is 7.05 Å². The summed E-state index contributed by atoms with van der Waals surface area (Å²) in [6, 6.07) is 8.25. The zero-order chi connectivity index (χ0) is 15.5. The van der Waals surface area contributed by atoms with Crippen molar-refractivity contribution < 1.29 is 9.18 Å². The van der Waals surface area contributed by atoms with Gasteiger partial charge in [-0.15, -0.1) is 12.4 Å². The van der Waals surface area contributed by atoms with Crippen LogP contribution in [0.4, 0.5) is 4.39 Å². The van der Waals surface area contributed by atoms with Crippen LogP contribution in [-0.2, 0) is 11.3 Å². The van der Waals surface area contributed by atoms with Crippen molar-refractivity contribution in [2.24, 2.45) is 0 Å². The molecule has 2 aliphatic heterocycles. The third kappa shape index (κ3) is 4.66. The molecule has 0 aliphatic carbocycles. The molecule has 2 fully saturated rings. The molecule has 1 aromatic rings. The molecule has 2 unspecified atom stereocenters. The molecule has 23 heavy (non-hydrogen) atoms. The SMILES string of the molecule is CN(CC(=O)NCc1ccccc1F)C1CC2CCC(C1)N2.Cl. The first-order valence-electron chi connectivity index (χ1n) is 8.08. The normalized spacial score (nSPS) is 26.0. The van der Waals surface area contributed by atoms with Gasteiger partial charge in [-0.25, -0.2) is 4.39 Å². The van der Waals surface area contributed by atoms with Gasteiger partial charge in [0.1, 0.15) is 5.82 Å². The number of hydrogen-bond acceptors (Lipinski definition) is 3. The number of amides is 1. The smallest absolute Gasteiger partial charge is 0.234 e. The first-order valence-corrected chi connectivity index (χ1v) is 8.08. The fourth-order valence-electron chi connectivity index (χ4n) is 3.63. The van der Waals surface area contributed by atoms with Crippen molar-refractivity contribution in [3.8, 4) is 0 Å². The number of nitrogens with one attached hydrogen (secondary N) is 2. The average Bonchev–Trinajstić information content (AvgIpc) is 2.84. The van der Waals surface area contributed by atoms with Crippen LogP contribution >= 0.6 is 12.4 Å². The Bertz CT molecular complexity index is 530. The zero-order valence-electron chi connectivity index (χ0n) is 13.4. The Hall–Kier alpha value is -1.17. The molecule has 2 aliphatic rings. The summed E-state index contributed by atoms with van der Waals surface area (Å²) in [6.45, 7) is 0.620. The number of nitrogens with zero attached hydrogens (tertiary/aromatic N) is 1. The quantitative estimate of drug-likeness (QED) is 0.862. The van der Waals surface area contributed by atoms with Gasteiger partial charge in [-0.2, -0.15) is 0 Å². The first-order chi connectivity index (χ1) is 10.6. The fourth-order valence-corrected chi connectivity index (χ4v) is 3.63. The average molecular weight is 342 g/mol. The summed E-state index contributed by atoms with van der Waals surface area (Å²) in [5.74, 6) is -0.317. The van der Waals surface area contributed by atoms with Crippen molar-refractivity contribution in [1.29, 1.82) is 0 Å². The maximum atomic E-state index is 13.5. The summed E-state index contributed by atoms with van der Waals surface area (Å²) in [5, 5.41) is 6.42. The van der Waals surface area contributed by atoms with Crippen LogP contribution in [-0.4, -0.2) is 42.5 Å². The summed E-state index contributed by atoms with van der Waals surface area (Å²) in [4.78, 5) is 14.2. The Morgan fingerprint density at radius 2 is 1.96 bits per heavy atom. The van der Waals surface area contributed by atoms with E-state index in [0.29, 0.717) is 30.2 Å². The van der Waals surface area contributed by atoms with Gasteiger partial charge in [0.05, 0.1) is 6.54 Å². The van der Waals surface area contributed by atoms with Crippen molar-refractivity contribution in [3.05, 3.63) is 35.6 Å². The molecule has 2 atom stereocenters. The molecule has 2 heterocycles. The third-order valence-electron chi connectivity index (χ3n) is 4.90. The monoisotopic (exact) mass is 341 g/mol. The second-order valence-corrected chi connectivity index (χ2v) is 6.55. The summed E-state index contributed by atoms with van der Waals surface area (Å²) < 4.78 is 13.5. The second-order valence-electron chi connectivity index (χ2n) is 6.55. The first kappa shape index (κ1) is 18.2. The van der Waals surface area contributed by atoms with Crippen molar-refractivity contribution in [1.82, 2.24) is 15.5 Å². The predicted octanol–water partition coefficient (Wildman–Crippen LogP) is 2.08. The minimum atomic E-state index is -0.272. The molecule has 128 valence electrons. The Labute approximate surface area is 143 Å². The minimum absolute atomic E-state index is 0. The molecule has 0 radical (unpaired) electrons. The van der Waals surface area contributed by atoms with Crippen LogP contribution in [0.25, 0.3) is 0 Å². The number of piperidine rings is 1. The third-order valence-corrected chi connectivity index (χ3v) is 4.90. The van der Waals surface area contributed by atoms with Gasteiger partial charge in [-0.05, 0) is 38.8 Å². The maximum absolute atomic E-state index is 13.5. The lowest BCUT2D eigenvalue weighted by molar-refractivity contribution is -0.122. The molecule has 0 aromatic heterocycles. The number of fused-ring (bicyclic) bond motifs is 2. The molecule has 2 bridgehead atoms. The lowest BCUT2D eigenvalue weighted by atomic mass is 9.98. The molecular weight excluding hydrogens is 317 g/mol. The highest BCUT2D eigenvalue weighted by atomic mass is 35.5. The predicted molar refractivity (Wildman–Crippen MR) is 91.1 cm³/mol. The van der Waals surface area contributed by atoms with E-state index in [-0.39, 0.29) is 30.7 Å². The number of likely N-dealkylation sites (N-methyl/N-ethyl adjacent to an activating group) is 1. The molecule has 0 spiro atoms. The molecule has 1 amide bonds. The van der Waals surface area contributed by atoms with Crippen molar-refractivity contribution >= 4 is 18.3 Å². The van der Waals surface area contributed by atoms with Crippen molar-refractivity contribution in [2.75, 3.05) is 13.6 Å². The van der Waals surface area contributed by atoms with Crippen LogP contribution in [0.3, 0.4) is 0 Å². The van der Waals surface area contributed by atoms with Crippen LogP contribution in [0.15, 0.2) is 24.3 Å². The lowest BCUT2D eigenvalue weighted by Crippen LogP contribution is -2.49. The summed E-state index contributed by atoms with van der Waals surface area (Å²) in [6.07, 6.45) is 4.75. The van der Waals surface area contributed by atoms with Gasteiger partial charge in [-0.3, -0.25) is 9.69 Å². The number of carbonyl (C=O) groups is 1. The van der Waals surface area contributed by atoms with Crippen LogP contribution in [0.5, 0.6) is 0 Å². The van der Waals surface area contributed by atoms with Gasteiger partial charge in [0, 0.05) is 30.2 Å². The van der Waals surface area contributed by atoms with Gasteiger partial charge in [0.25, 0.3) is 0 Å². The van der Waals surface area contributed by atoms with Crippen molar-refractivity contribution in [3.63, 3.8) is 0 Å². The molecule has 6 heteroatoms. The topological polar surface area (TPSA) is 44.4 Å². The number of carbonyl (C=O) groups excluding carboxylic acids is 1. The zero-order valence-corrected chi connectivity index (χ0v) is 14.2. The van der Waals surface area contributed by atoms with E-state index < -0.39 is 0 Å². The lowest BCUT2D eigenvalue weighted by Gasteiger charge is -2.35. The number of benzene rings is 1.